The van der Waals surface area contributed by atoms with Crippen LogP contribution in [0.3, 0.4) is 0 Å². The Labute approximate surface area is 188 Å². The smallest absolute Gasteiger partial charge is 0.124 e. The van der Waals surface area contributed by atoms with Crippen molar-refractivity contribution in [1.29, 1.82) is 0 Å². The second-order valence-electron chi connectivity index (χ2n) is 8.99. The minimum atomic E-state index is 0.340. The number of aromatic hydroxyl groups is 1. The van der Waals surface area contributed by atoms with Crippen LogP contribution in [0.2, 0.25) is 0 Å². The molecule has 1 N–H and O–H groups in total. The van der Waals surface area contributed by atoms with E-state index in [1.54, 1.807) is 6.07 Å². The number of aliphatic imine (C=N–C) groups is 1. The van der Waals surface area contributed by atoms with E-state index in [2.05, 4.69) is 54.2 Å². The molecule has 0 aliphatic carbocycles. The van der Waals surface area contributed by atoms with E-state index in [0.717, 1.165) is 43.1 Å². The van der Waals surface area contributed by atoms with Crippen LogP contribution in [0.5, 0.6) is 5.75 Å². The number of likely N-dealkylation sites (N-methyl/N-ethyl adjacent to an activating group) is 1. The highest BCUT2D eigenvalue weighted by molar-refractivity contribution is 6.02. The number of hydrogen-bond acceptors (Lipinski definition) is 4. The first kappa shape index (κ1) is 23.5. The second kappa shape index (κ2) is 12.6. The number of unbranched alkanes of at least 4 members (excludes halogenated alkanes) is 2. The average molecular weight is 422 g/mol. The molecular weight excluding hydrogens is 382 g/mol. The zero-order chi connectivity index (χ0) is 21.9. The largest absolute Gasteiger partial charge is 0.507 e. The molecule has 4 heteroatoms. The number of benzene rings is 2. The Morgan fingerprint density at radius 2 is 1.68 bits per heavy atom. The van der Waals surface area contributed by atoms with Gasteiger partial charge in [-0.2, -0.15) is 0 Å². The lowest BCUT2D eigenvalue weighted by Gasteiger charge is -2.32. The van der Waals surface area contributed by atoms with Gasteiger partial charge in [0.15, 0.2) is 0 Å². The van der Waals surface area contributed by atoms with Crippen LogP contribution in [0.15, 0.2) is 59.6 Å². The van der Waals surface area contributed by atoms with E-state index in [9.17, 15) is 5.11 Å². The summed E-state index contributed by atoms with van der Waals surface area (Å²) in [5, 5.41) is 10.3. The van der Waals surface area contributed by atoms with Gasteiger partial charge in [-0.05, 0) is 89.4 Å². The Morgan fingerprint density at radius 1 is 0.968 bits per heavy atom. The van der Waals surface area contributed by atoms with E-state index < -0.39 is 0 Å². The number of rotatable bonds is 11. The van der Waals surface area contributed by atoms with E-state index in [1.165, 1.54) is 50.9 Å². The number of para-hydroxylation sites is 1. The van der Waals surface area contributed by atoms with Gasteiger partial charge >= 0.3 is 0 Å². The van der Waals surface area contributed by atoms with Gasteiger partial charge in [0.2, 0.25) is 0 Å². The minimum Gasteiger partial charge on any atom is -0.507 e. The third-order valence-corrected chi connectivity index (χ3v) is 6.31. The molecule has 0 unspecified atom stereocenters. The molecule has 1 aliphatic rings. The number of likely N-dealkylation sites (tertiary alicyclic amines) is 1. The van der Waals surface area contributed by atoms with Crippen molar-refractivity contribution in [2.24, 2.45) is 4.99 Å². The molecule has 31 heavy (non-hydrogen) atoms. The Hall–Kier alpha value is -2.17. The van der Waals surface area contributed by atoms with Gasteiger partial charge in [-0.15, -0.1) is 0 Å². The van der Waals surface area contributed by atoms with Crippen molar-refractivity contribution in [3.63, 3.8) is 0 Å². The van der Waals surface area contributed by atoms with Crippen molar-refractivity contribution in [1.82, 2.24) is 9.80 Å². The molecule has 0 saturated carbocycles. The van der Waals surface area contributed by atoms with Crippen LogP contribution >= 0.6 is 0 Å². The number of hydrogen-bond donors (Lipinski definition) is 1. The Balaban J connectivity index is 1.39. The SMILES string of the molecule is CN(C)CCN=C(CCCCCN1CCC(c2ccccc2)CC1)c1ccccc1O. The Morgan fingerprint density at radius 3 is 2.39 bits per heavy atom. The predicted molar refractivity (Wildman–Crippen MR) is 131 cm³/mol. The van der Waals surface area contributed by atoms with E-state index in [0.29, 0.717) is 5.75 Å². The molecule has 1 saturated heterocycles. The fourth-order valence-corrected chi connectivity index (χ4v) is 4.42. The number of piperidine rings is 1. The van der Waals surface area contributed by atoms with E-state index in [1.807, 2.05) is 18.2 Å². The van der Waals surface area contributed by atoms with Crippen molar-refractivity contribution < 1.29 is 5.11 Å². The lowest BCUT2D eigenvalue weighted by Crippen LogP contribution is -2.33. The van der Waals surface area contributed by atoms with Gasteiger partial charge in [0, 0.05) is 17.8 Å². The van der Waals surface area contributed by atoms with Crippen LogP contribution in [0.4, 0.5) is 0 Å². The number of phenolic OH excluding ortho intramolecular Hbond substituents is 1. The third-order valence-electron chi connectivity index (χ3n) is 6.31. The summed E-state index contributed by atoms with van der Waals surface area (Å²) in [4.78, 5) is 9.60. The molecule has 2 aromatic rings. The highest BCUT2D eigenvalue weighted by Crippen LogP contribution is 2.28. The third kappa shape index (κ3) is 7.79. The van der Waals surface area contributed by atoms with E-state index in [4.69, 9.17) is 4.99 Å². The first-order chi connectivity index (χ1) is 15.1. The molecule has 4 nitrogen and oxygen atoms in total. The van der Waals surface area contributed by atoms with Crippen LogP contribution in [0.25, 0.3) is 0 Å². The standard InChI is InChI=1S/C27H39N3O/c1-29(2)22-18-28-26(25-13-8-9-15-27(25)31)14-7-4-10-19-30-20-16-24(17-21-30)23-11-5-3-6-12-23/h3,5-6,8-9,11-13,15,24,31H,4,7,10,14,16-22H2,1-2H3. The van der Waals surface area contributed by atoms with Gasteiger partial charge in [-0.25, -0.2) is 0 Å². The summed E-state index contributed by atoms with van der Waals surface area (Å²) < 4.78 is 0. The maximum Gasteiger partial charge on any atom is 0.124 e. The van der Waals surface area contributed by atoms with Gasteiger partial charge in [-0.3, -0.25) is 4.99 Å². The van der Waals surface area contributed by atoms with E-state index >= 15 is 0 Å². The van der Waals surface area contributed by atoms with Crippen LogP contribution in [-0.2, 0) is 0 Å². The van der Waals surface area contributed by atoms with Crippen molar-refractivity contribution in [3.8, 4) is 5.75 Å². The molecule has 0 atom stereocenters. The van der Waals surface area contributed by atoms with Crippen molar-refractivity contribution >= 4 is 5.71 Å². The molecule has 2 aromatic carbocycles. The van der Waals surface area contributed by atoms with Gasteiger partial charge in [0.05, 0.1) is 6.54 Å². The van der Waals surface area contributed by atoms with Crippen molar-refractivity contribution in [2.75, 3.05) is 46.8 Å². The van der Waals surface area contributed by atoms with Gasteiger partial charge in [-0.1, -0.05) is 48.9 Å². The molecule has 0 aromatic heterocycles. The van der Waals surface area contributed by atoms with E-state index in [-0.39, 0.29) is 0 Å². The number of nitrogens with zero attached hydrogens (tertiary/aromatic N) is 3. The highest BCUT2D eigenvalue weighted by atomic mass is 16.3. The summed E-state index contributed by atoms with van der Waals surface area (Å²) in [5.41, 5.74) is 3.44. The molecule has 1 aliphatic heterocycles. The monoisotopic (exact) mass is 421 g/mol. The first-order valence-corrected chi connectivity index (χ1v) is 11.9. The molecule has 1 fully saturated rings. The molecule has 168 valence electrons. The van der Waals surface area contributed by atoms with Gasteiger partial charge in [0.25, 0.3) is 0 Å². The number of phenols is 1. The zero-order valence-electron chi connectivity index (χ0n) is 19.3. The average Bonchev–Trinajstić information content (AvgIpc) is 2.79. The topological polar surface area (TPSA) is 39.1 Å². The summed E-state index contributed by atoms with van der Waals surface area (Å²) in [6.45, 7) is 5.33. The quantitative estimate of drug-likeness (QED) is 0.401. The van der Waals surface area contributed by atoms with Crippen molar-refractivity contribution in [3.05, 3.63) is 65.7 Å². The summed E-state index contributed by atoms with van der Waals surface area (Å²) in [7, 11) is 4.13. The molecular formula is C27H39N3O. The van der Waals surface area contributed by atoms with Crippen LogP contribution in [0.1, 0.15) is 55.6 Å². The van der Waals surface area contributed by atoms with Gasteiger partial charge < -0.3 is 14.9 Å². The lowest BCUT2D eigenvalue weighted by molar-refractivity contribution is 0.208. The maximum atomic E-state index is 10.3. The molecule has 0 spiro atoms. The summed E-state index contributed by atoms with van der Waals surface area (Å²) in [6, 6.07) is 18.6. The molecule has 0 amide bonds. The summed E-state index contributed by atoms with van der Waals surface area (Å²) >= 11 is 0. The molecule has 3 rings (SSSR count). The predicted octanol–water partition coefficient (Wildman–Crippen LogP) is 5.18. The normalized spacial score (nSPS) is 16.2. The fourth-order valence-electron chi connectivity index (χ4n) is 4.42. The van der Waals surface area contributed by atoms with Crippen LogP contribution in [-0.4, -0.2) is 67.4 Å². The molecule has 0 radical (unpaired) electrons. The Bertz CT molecular complexity index is 795. The van der Waals surface area contributed by atoms with Crippen molar-refractivity contribution in [2.45, 2.75) is 44.4 Å². The minimum absolute atomic E-state index is 0.340. The Kier molecular flexibility index (Phi) is 9.57. The molecule has 1 heterocycles. The summed E-state index contributed by atoms with van der Waals surface area (Å²) in [5.74, 6) is 1.07. The van der Waals surface area contributed by atoms with Crippen LogP contribution in [0, 0.1) is 0 Å². The molecule has 0 bridgehead atoms. The fraction of sp³-hybridized carbons (Fsp3) is 0.519. The summed E-state index contributed by atoms with van der Waals surface area (Å²) in [6.07, 6.45) is 7.05. The first-order valence-electron chi connectivity index (χ1n) is 11.9. The van der Waals surface area contributed by atoms with Gasteiger partial charge in [0.1, 0.15) is 5.75 Å². The maximum absolute atomic E-state index is 10.3. The van der Waals surface area contributed by atoms with Crippen LogP contribution < -0.4 is 0 Å². The zero-order valence-corrected chi connectivity index (χ0v) is 19.3. The highest BCUT2D eigenvalue weighted by Gasteiger charge is 2.19. The second-order valence-corrected chi connectivity index (χ2v) is 8.99. The lowest BCUT2D eigenvalue weighted by atomic mass is 9.89.